The first kappa shape index (κ1) is 24.7. The fourth-order valence-electron chi connectivity index (χ4n) is 2.86. The van der Waals surface area contributed by atoms with Gasteiger partial charge in [0.1, 0.15) is 18.2 Å². The lowest BCUT2D eigenvalue weighted by Gasteiger charge is -2.13. The van der Waals surface area contributed by atoms with Crippen LogP contribution in [0.5, 0.6) is 11.5 Å². The molecule has 4 amide bonds. The first-order chi connectivity index (χ1) is 16.2. The van der Waals surface area contributed by atoms with Crippen LogP contribution in [-0.2, 0) is 14.4 Å². The zero-order valence-electron chi connectivity index (χ0n) is 17.8. The van der Waals surface area contributed by atoms with Gasteiger partial charge in [-0.05, 0) is 54.6 Å². The molecule has 1 fully saturated rings. The second kappa shape index (κ2) is 10.8. The lowest BCUT2D eigenvalue weighted by molar-refractivity contribution is -0.127. The normalized spacial score (nSPS) is 14.4. The highest BCUT2D eigenvalue weighted by Gasteiger charge is 2.36. The number of imide groups is 1. The van der Waals surface area contributed by atoms with Gasteiger partial charge in [-0.1, -0.05) is 6.07 Å². The number of benzene rings is 2. The molecule has 12 heteroatoms. The molecule has 1 heterocycles. The van der Waals surface area contributed by atoms with Crippen molar-refractivity contribution < 1.29 is 37.4 Å². The van der Waals surface area contributed by atoms with Crippen molar-refractivity contribution >= 4 is 46.5 Å². The van der Waals surface area contributed by atoms with E-state index in [1.54, 1.807) is 19.1 Å². The van der Waals surface area contributed by atoms with Crippen LogP contribution in [-0.4, -0.2) is 47.6 Å². The highest BCUT2D eigenvalue weighted by Crippen LogP contribution is 2.34. The maximum atomic E-state index is 13.7. The lowest BCUT2D eigenvalue weighted by Crippen LogP contribution is -2.36. The van der Waals surface area contributed by atoms with Gasteiger partial charge < -0.3 is 20.5 Å². The summed E-state index contributed by atoms with van der Waals surface area (Å²) in [5, 5.41) is 1.52. The van der Waals surface area contributed by atoms with Gasteiger partial charge in [0.25, 0.3) is 17.1 Å². The monoisotopic (exact) mass is 491 g/mol. The Morgan fingerprint density at radius 3 is 2.56 bits per heavy atom. The number of anilines is 1. The van der Waals surface area contributed by atoms with Crippen molar-refractivity contribution in [2.75, 3.05) is 25.1 Å². The number of primary amides is 1. The molecular weight excluding hydrogens is 472 g/mol. The average molecular weight is 491 g/mol. The van der Waals surface area contributed by atoms with Crippen LogP contribution >= 0.6 is 11.8 Å². The van der Waals surface area contributed by atoms with Crippen LogP contribution in [0.2, 0.25) is 0 Å². The smallest absolute Gasteiger partial charge is 0.294 e. The zero-order valence-corrected chi connectivity index (χ0v) is 18.6. The number of nitrogens with one attached hydrogen (secondary N) is 1. The summed E-state index contributed by atoms with van der Waals surface area (Å²) in [4.78, 5) is 48.9. The van der Waals surface area contributed by atoms with Crippen molar-refractivity contribution in [3.63, 3.8) is 0 Å². The number of amides is 4. The second-order valence-corrected chi connectivity index (χ2v) is 7.83. The number of hydrogen-bond acceptors (Lipinski definition) is 7. The fourth-order valence-corrected chi connectivity index (χ4v) is 3.70. The fraction of sp³-hybridized carbons (Fsp3) is 0.182. The van der Waals surface area contributed by atoms with Gasteiger partial charge in [0.2, 0.25) is 5.91 Å². The van der Waals surface area contributed by atoms with Crippen LogP contribution in [0.3, 0.4) is 0 Å². The van der Waals surface area contributed by atoms with Crippen molar-refractivity contribution in [3.8, 4) is 11.5 Å². The molecule has 178 valence electrons. The maximum Gasteiger partial charge on any atom is 0.294 e. The third kappa shape index (κ3) is 6.10. The number of carbonyl (C=O) groups is 4. The number of rotatable bonds is 9. The van der Waals surface area contributed by atoms with Crippen LogP contribution in [0.4, 0.5) is 19.3 Å². The van der Waals surface area contributed by atoms with Crippen LogP contribution in [0.1, 0.15) is 12.5 Å². The molecule has 1 aliphatic rings. The summed E-state index contributed by atoms with van der Waals surface area (Å²) in [5.74, 6) is -3.43. The molecule has 2 aromatic rings. The van der Waals surface area contributed by atoms with Crippen LogP contribution in [0.15, 0.2) is 41.3 Å². The minimum absolute atomic E-state index is 0.0546. The molecule has 0 spiro atoms. The predicted molar refractivity (Wildman–Crippen MR) is 120 cm³/mol. The summed E-state index contributed by atoms with van der Waals surface area (Å²) < 4.78 is 37.5. The van der Waals surface area contributed by atoms with Crippen molar-refractivity contribution in [2.24, 2.45) is 5.73 Å². The molecule has 9 nitrogen and oxygen atoms in total. The van der Waals surface area contributed by atoms with Crippen LogP contribution in [0.25, 0.3) is 6.08 Å². The van der Waals surface area contributed by atoms with E-state index in [1.165, 1.54) is 12.1 Å². The lowest BCUT2D eigenvalue weighted by atomic mass is 10.2. The number of hydrogen-bond donors (Lipinski definition) is 2. The molecule has 1 saturated heterocycles. The van der Waals surface area contributed by atoms with Crippen LogP contribution in [0, 0.1) is 11.6 Å². The number of ether oxygens (including phenoxy) is 2. The first-order valence-electron chi connectivity index (χ1n) is 9.86. The summed E-state index contributed by atoms with van der Waals surface area (Å²) in [6, 6.07) is 7.24. The van der Waals surface area contributed by atoms with Crippen molar-refractivity contribution in [3.05, 3.63) is 58.5 Å². The molecule has 0 saturated carbocycles. The van der Waals surface area contributed by atoms with E-state index >= 15 is 0 Å². The minimum Gasteiger partial charge on any atom is -0.490 e. The molecule has 0 aliphatic carbocycles. The number of halogens is 2. The predicted octanol–water partition coefficient (Wildman–Crippen LogP) is 2.90. The van der Waals surface area contributed by atoms with Gasteiger partial charge in [-0.2, -0.15) is 0 Å². The van der Waals surface area contributed by atoms with Crippen molar-refractivity contribution in [2.45, 2.75) is 6.92 Å². The van der Waals surface area contributed by atoms with Gasteiger partial charge in [-0.25, -0.2) is 8.78 Å². The third-order valence-electron chi connectivity index (χ3n) is 4.32. The molecule has 0 aromatic heterocycles. The topological polar surface area (TPSA) is 128 Å². The van der Waals surface area contributed by atoms with Gasteiger partial charge in [0.05, 0.1) is 17.2 Å². The summed E-state index contributed by atoms with van der Waals surface area (Å²) in [7, 11) is 0. The Labute approximate surface area is 196 Å². The Morgan fingerprint density at radius 2 is 1.88 bits per heavy atom. The van der Waals surface area contributed by atoms with E-state index in [1.807, 2.05) is 0 Å². The molecule has 0 unspecified atom stereocenters. The van der Waals surface area contributed by atoms with E-state index in [4.69, 9.17) is 15.2 Å². The third-order valence-corrected chi connectivity index (χ3v) is 5.22. The zero-order chi connectivity index (χ0) is 24.8. The van der Waals surface area contributed by atoms with Crippen LogP contribution < -0.4 is 20.5 Å². The molecule has 0 atom stereocenters. The van der Waals surface area contributed by atoms with Crippen molar-refractivity contribution in [1.82, 2.24) is 4.90 Å². The standard InChI is InChI=1S/C22H19F2N3O6S/c1-2-32-17-7-12(3-6-16(17)33-11-19(25)28)8-18-21(30)27(22(31)34-18)10-20(29)26-15-5-4-13(23)9-14(15)24/h3-9H,2,10-11H2,1H3,(H2,25,28)(H,26,29)/b18-8-. The van der Waals surface area contributed by atoms with Crippen molar-refractivity contribution in [1.29, 1.82) is 0 Å². The molecule has 3 rings (SSSR count). The Bertz CT molecular complexity index is 1190. The summed E-state index contributed by atoms with van der Waals surface area (Å²) >= 11 is 0.629. The number of thioether (sulfide) groups is 1. The summed E-state index contributed by atoms with van der Waals surface area (Å²) in [6.45, 7) is 1.06. The molecule has 2 aromatic carbocycles. The van der Waals surface area contributed by atoms with Gasteiger partial charge in [-0.3, -0.25) is 24.1 Å². The van der Waals surface area contributed by atoms with E-state index in [-0.39, 0.29) is 22.9 Å². The second-order valence-electron chi connectivity index (χ2n) is 6.83. The number of carbonyl (C=O) groups excluding carboxylic acids is 4. The minimum atomic E-state index is -0.990. The SMILES string of the molecule is CCOc1cc(/C=C2\SC(=O)N(CC(=O)Nc3ccc(F)cc3F)C2=O)ccc1OCC(N)=O. The summed E-state index contributed by atoms with van der Waals surface area (Å²) in [6.07, 6.45) is 1.43. The molecule has 0 radical (unpaired) electrons. The summed E-state index contributed by atoms with van der Waals surface area (Å²) in [5.41, 5.74) is 5.30. The Hall–Kier alpha value is -3.93. The largest absolute Gasteiger partial charge is 0.490 e. The first-order valence-corrected chi connectivity index (χ1v) is 10.7. The highest BCUT2D eigenvalue weighted by atomic mass is 32.2. The van der Waals surface area contributed by atoms with E-state index < -0.39 is 41.1 Å². The van der Waals surface area contributed by atoms with Gasteiger partial charge in [-0.15, -0.1) is 0 Å². The Kier molecular flexibility index (Phi) is 7.84. The number of nitrogens with two attached hydrogens (primary N) is 1. The number of nitrogens with zero attached hydrogens (tertiary/aromatic N) is 1. The average Bonchev–Trinajstić information content (AvgIpc) is 3.02. The maximum absolute atomic E-state index is 13.7. The van der Waals surface area contributed by atoms with Gasteiger partial charge in [0, 0.05) is 6.07 Å². The molecule has 3 N–H and O–H groups in total. The van der Waals surface area contributed by atoms with Gasteiger partial charge in [0.15, 0.2) is 18.1 Å². The molecule has 34 heavy (non-hydrogen) atoms. The quantitative estimate of drug-likeness (QED) is 0.516. The van der Waals surface area contributed by atoms with E-state index in [9.17, 15) is 28.0 Å². The molecular formula is C22H19F2N3O6S. The molecule has 1 aliphatic heterocycles. The highest BCUT2D eigenvalue weighted by molar-refractivity contribution is 8.18. The van der Waals surface area contributed by atoms with E-state index in [2.05, 4.69) is 5.32 Å². The Balaban J connectivity index is 1.72. The van der Waals surface area contributed by atoms with E-state index in [0.29, 0.717) is 40.6 Å². The van der Waals surface area contributed by atoms with Gasteiger partial charge >= 0.3 is 0 Å². The Morgan fingerprint density at radius 1 is 1.12 bits per heavy atom. The van der Waals surface area contributed by atoms with E-state index in [0.717, 1.165) is 12.1 Å². The molecule has 0 bridgehead atoms.